The Morgan fingerprint density at radius 2 is 2.18 bits per heavy atom. The molecule has 0 bridgehead atoms. The van der Waals surface area contributed by atoms with Gasteiger partial charge in [-0.05, 0) is 12.8 Å². The van der Waals surface area contributed by atoms with Gasteiger partial charge < -0.3 is 15.2 Å². The van der Waals surface area contributed by atoms with Crippen LogP contribution in [-0.4, -0.2) is 40.8 Å². The Hall–Kier alpha value is -1.69. The third-order valence-electron chi connectivity index (χ3n) is 2.01. The molecule has 1 rings (SSSR count). The Kier molecular flexibility index (Phi) is 5.95. The molecule has 0 aliphatic heterocycles. The first kappa shape index (κ1) is 13.4. The summed E-state index contributed by atoms with van der Waals surface area (Å²) in [7, 11) is 0. The Bertz CT molecular complexity index is 358. The quantitative estimate of drug-likeness (QED) is 0.667. The standard InChI is InChI=1S/C11H17N3O3/c1-2-7-17-8-3-4-13-10-9(11(15)16)12-5-6-14-10/h5-6H,2-4,7-8H2,1H3,(H,13,14)(H,15,16). The lowest BCUT2D eigenvalue weighted by Crippen LogP contribution is -2.12. The molecular weight excluding hydrogens is 222 g/mol. The summed E-state index contributed by atoms with van der Waals surface area (Å²) in [5.41, 5.74) is -0.0537. The molecule has 2 N–H and O–H groups in total. The van der Waals surface area contributed by atoms with E-state index in [4.69, 9.17) is 9.84 Å². The molecule has 1 aromatic heterocycles. The van der Waals surface area contributed by atoms with Gasteiger partial charge in [-0.3, -0.25) is 0 Å². The lowest BCUT2D eigenvalue weighted by Gasteiger charge is -2.07. The zero-order valence-electron chi connectivity index (χ0n) is 9.85. The molecule has 6 nitrogen and oxygen atoms in total. The Morgan fingerprint density at radius 3 is 2.88 bits per heavy atom. The van der Waals surface area contributed by atoms with Crippen molar-refractivity contribution in [2.45, 2.75) is 19.8 Å². The van der Waals surface area contributed by atoms with Crippen LogP contribution in [0.1, 0.15) is 30.3 Å². The smallest absolute Gasteiger partial charge is 0.358 e. The van der Waals surface area contributed by atoms with Crippen LogP contribution >= 0.6 is 0 Å². The van der Waals surface area contributed by atoms with E-state index in [1.54, 1.807) is 0 Å². The van der Waals surface area contributed by atoms with Gasteiger partial charge in [0.2, 0.25) is 0 Å². The summed E-state index contributed by atoms with van der Waals surface area (Å²) in [6, 6.07) is 0. The fourth-order valence-electron chi connectivity index (χ4n) is 1.25. The lowest BCUT2D eigenvalue weighted by molar-refractivity contribution is 0.0691. The van der Waals surface area contributed by atoms with Gasteiger partial charge in [-0.15, -0.1) is 0 Å². The minimum atomic E-state index is -1.08. The van der Waals surface area contributed by atoms with E-state index in [9.17, 15) is 4.79 Å². The summed E-state index contributed by atoms with van der Waals surface area (Å²) in [6.07, 6.45) is 4.62. The number of rotatable bonds is 8. The van der Waals surface area contributed by atoms with Gasteiger partial charge in [0.15, 0.2) is 11.5 Å². The summed E-state index contributed by atoms with van der Waals surface area (Å²) in [5, 5.41) is 11.8. The minimum absolute atomic E-state index is 0.0537. The maximum absolute atomic E-state index is 10.8. The van der Waals surface area contributed by atoms with Gasteiger partial charge in [0.1, 0.15) is 0 Å². The fourth-order valence-corrected chi connectivity index (χ4v) is 1.25. The summed E-state index contributed by atoms with van der Waals surface area (Å²) in [5.74, 6) is -0.779. The van der Waals surface area contributed by atoms with Crippen LogP contribution in [-0.2, 0) is 4.74 Å². The van der Waals surface area contributed by atoms with Gasteiger partial charge in [0, 0.05) is 32.2 Å². The van der Waals surface area contributed by atoms with Crippen LogP contribution in [0.2, 0.25) is 0 Å². The molecule has 0 aliphatic carbocycles. The van der Waals surface area contributed by atoms with Crippen LogP contribution in [0.15, 0.2) is 12.4 Å². The molecule has 0 aliphatic rings. The van der Waals surface area contributed by atoms with Gasteiger partial charge in [0.05, 0.1) is 0 Å². The van der Waals surface area contributed by atoms with Gasteiger partial charge >= 0.3 is 5.97 Å². The first-order valence-electron chi connectivity index (χ1n) is 5.61. The highest BCUT2D eigenvalue weighted by Gasteiger charge is 2.11. The van der Waals surface area contributed by atoms with E-state index in [1.165, 1.54) is 12.4 Å². The van der Waals surface area contributed by atoms with Crippen molar-refractivity contribution < 1.29 is 14.6 Å². The molecule has 0 saturated carbocycles. The van der Waals surface area contributed by atoms with Crippen LogP contribution in [0.3, 0.4) is 0 Å². The van der Waals surface area contributed by atoms with E-state index in [-0.39, 0.29) is 5.69 Å². The van der Waals surface area contributed by atoms with Crippen molar-refractivity contribution in [3.8, 4) is 0 Å². The van der Waals surface area contributed by atoms with E-state index in [0.29, 0.717) is 19.0 Å². The predicted octanol–water partition coefficient (Wildman–Crippen LogP) is 1.40. The highest BCUT2D eigenvalue weighted by molar-refractivity contribution is 5.90. The highest BCUT2D eigenvalue weighted by Crippen LogP contribution is 2.07. The number of aromatic carboxylic acids is 1. The summed E-state index contributed by atoms with van der Waals surface area (Å²) in [6.45, 7) is 4.08. The number of ether oxygens (including phenoxy) is 1. The monoisotopic (exact) mass is 239 g/mol. The first-order valence-corrected chi connectivity index (χ1v) is 5.61. The number of hydrogen-bond donors (Lipinski definition) is 2. The molecular formula is C11H17N3O3. The zero-order valence-corrected chi connectivity index (χ0v) is 9.85. The third kappa shape index (κ3) is 4.78. The largest absolute Gasteiger partial charge is 0.476 e. The zero-order chi connectivity index (χ0) is 12.5. The molecule has 0 fully saturated rings. The van der Waals surface area contributed by atoms with Crippen molar-refractivity contribution in [2.75, 3.05) is 25.1 Å². The second-order valence-corrected chi connectivity index (χ2v) is 3.45. The summed E-state index contributed by atoms with van der Waals surface area (Å²) < 4.78 is 5.31. The number of carboxylic acid groups (broad SMARTS) is 1. The van der Waals surface area contributed by atoms with E-state index in [0.717, 1.165) is 19.4 Å². The molecule has 1 aromatic rings. The predicted molar refractivity (Wildman–Crippen MR) is 63.2 cm³/mol. The maximum atomic E-state index is 10.8. The second-order valence-electron chi connectivity index (χ2n) is 3.45. The molecule has 0 aromatic carbocycles. The number of carboxylic acids is 1. The molecule has 0 amide bonds. The Morgan fingerprint density at radius 1 is 1.41 bits per heavy atom. The SMILES string of the molecule is CCCOCCCNc1nccnc1C(=O)O. The number of carbonyl (C=O) groups is 1. The Labute approximate surface area is 100 Å². The van der Waals surface area contributed by atoms with Crippen molar-refractivity contribution in [1.29, 1.82) is 0 Å². The molecule has 1 heterocycles. The fraction of sp³-hybridized carbons (Fsp3) is 0.545. The normalized spacial score (nSPS) is 10.2. The third-order valence-corrected chi connectivity index (χ3v) is 2.01. The van der Waals surface area contributed by atoms with Crippen molar-refractivity contribution >= 4 is 11.8 Å². The Balaban J connectivity index is 2.34. The van der Waals surface area contributed by atoms with Gasteiger partial charge in [-0.25, -0.2) is 14.8 Å². The van der Waals surface area contributed by atoms with Crippen LogP contribution in [0.25, 0.3) is 0 Å². The van der Waals surface area contributed by atoms with E-state index in [1.807, 2.05) is 0 Å². The molecule has 0 radical (unpaired) electrons. The topological polar surface area (TPSA) is 84.3 Å². The van der Waals surface area contributed by atoms with Gasteiger partial charge in [-0.1, -0.05) is 6.92 Å². The minimum Gasteiger partial charge on any atom is -0.476 e. The number of aromatic nitrogens is 2. The number of anilines is 1. The van der Waals surface area contributed by atoms with Crippen LogP contribution in [0.5, 0.6) is 0 Å². The van der Waals surface area contributed by atoms with E-state index >= 15 is 0 Å². The average molecular weight is 239 g/mol. The highest BCUT2D eigenvalue weighted by atomic mass is 16.5. The molecule has 0 saturated heterocycles. The number of nitrogens with zero attached hydrogens (tertiary/aromatic N) is 2. The van der Waals surface area contributed by atoms with Gasteiger partial charge in [0.25, 0.3) is 0 Å². The average Bonchev–Trinajstić information content (AvgIpc) is 2.34. The van der Waals surface area contributed by atoms with Crippen LogP contribution in [0.4, 0.5) is 5.82 Å². The summed E-state index contributed by atoms with van der Waals surface area (Å²) >= 11 is 0. The van der Waals surface area contributed by atoms with Gasteiger partial charge in [-0.2, -0.15) is 0 Å². The number of nitrogens with one attached hydrogen (secondary N) is 1. The number of hydrogen-bond acceptors (Lipinski definition) is 5. The first-order chi connectivity index (χ1) is 8.25. The van der Waals surface area contributed by atoms with Crippen LogP contribution < -0.4 is 5.32 Å². The van der Waals surface area contributed by atoms with Crippen molar-refractivity contribution in [1.82, 2.24) is 9.97 Å². The van der Waals surface area contributed by atoms with Crippen LogP contribution in [0, 0.1) is 0 Å². The summed E-state index contributed by atoms with van der Waals surface area (Å²) in [4.78, 5) is 18.5. The van der Waals surface area contributed by atoms with Crippen molar-refractivity contribution in [3.63, 3.8) is 0 Å². The molecule has 94 valence electrons. The molecule has 6 heteroatoms. The molecule has 17 heavy (non-hydrogen) atoms. The maximum Gasteiger partial charge on any atom is 0.358 e. The second kappa shape index (κ2) is 7.56. The molecule has 0 unspecified atom stereocenters. The molecule has 0 atom stereocenters. The van der Waals surface area contributed by atoms with E-state index < -0.39 is 5.97 Å². The van der Waals surface area contributed by atoms with Crippen molar-refractivity contribution in [3.05, 3.63) is 18.1 Å². The van der Waals surface area contributed by atoms with E-state index in [2.05, 4.69) is 22.2 Å². The molecule has 0 spiro atoms. The van der Waals surface area contributed by atoms with Crippen molar-refractivity contribution in [2.24, 2.45) is 0 Å². The lowest BCUT2D eigenvalue weighted by atomic mass is 10.4.